The van der Waals surface area contributed by atoms with Gasteiger partial charge in [0.15, 0.2) is 5.79 Å². The maximum Gasteiger partial charge on any atom is 0.163 e. The zero-order valence-corrected chi connectivity index (χ0v) is 9.30. The normalized spacial score (nSPS) is 33.4. The molecule has 1 saturated carbocycles. The maximum atomic E-state index is 5.73. The highest BCUT2D eigenvalue weighted by Gasteiger charge is 2.41. The van der Waals surface area contributed by atoms with Gasteiger partial charge in [0, 0.05) is 0 Å². The van der Waals surface area contributed by atoms with E-state index in [0.29, 0.717) is 12.2 Å². The van der Waals surface area contributed by atoms with Crippen LogP contribution >= 0.6 is 0 Å². The highest BCUT2D eigenvalue weighted by molar-refractivity contribution is 4.84. The lowest BCUT2D eigenvalue weighted by molar-refractivity contribution is -0.145. The Labute approximate surface area is 89.0 Å². The van der Waals surface area contributed by atoms with Gasteiger partial charge >= 0.3 is 0 Å². The van der Waals surface area contributed by atoms with E-state index in [4.69, 9.17) is 9.47 Å². The third-order valence-corrected chi connectivity index (χ3v) is 2.51. The number of ether oxygens (including phenoxy) is 2. The predicted molar refractivity (Wildman–Crippen MR) is 60.4 cm³/mol. The summed E-state index contributed by atoms with van der Waals surface area (Å²) in [7, 11) is 0. The summed E-state index contributed by atoms with van der Waals surface area (Å²) in [4.78, 5) is 0. The first-order chi connectivity index (χ1) is 6.17. The van der Waals surface area contributed by atoms with Gasteiger partial charge in [-0.05, 0) is 26.7 Å². The van der Waals surface area contributed by atoms with Crippen LogP contribution in [0, 0.1) is 0 Å². The van der Waals surface area contributed by atoms with Crippen molar-refractivity contribution in [3.63, 3.8) is 0 Å². The van der Waals surface area contributed by atoms with Gasteiger partial charge in [-0.1, -0.05) is 34.1 Å². The third kappa shape index (κ3) is 3.25. The molecule has 0 aromatic rings. The summed E-state index contributed by atoms with van der Waals surface area (Å²) in [5.74, 6) is -0.320. The van der Waals surface area contributed by atoms with Crippen LogP contribution in [0.1, 0.15) is 60.8 Å². The minimum Gasteiger partial charge on any atom is -0.345 e. The van der Waals surface area contributed by atoms with Crippen molar-refractivity contribution in [2.24, 2.45) is 0 Å². The maximum absolute atomic E-state index is 5.73. The SMILES string of the molecule is C.CC.CC1(C)OC2CCCCC2O1. The topological polar surface area (TPSA) is 18.5 Å². The fraction of sp³-hybridized carbons (Fsp3) is 1.00. The van der Waals surface area contributed by atoms with E-state index >= 15 is 0 Å². The molecular formula is C12H26O2. The molecule has 2 nitrogen and oxygen atoms in total. The minimum absolute atomic E-state index is 0. The molecule has 86 valence electrons. The number of fused-ring (bicyclic) bond motifs is 1. The molecule has 2 unspecified atom stereocenters. The smallest absolute Gasteiger partial charge is 0.163 e. The van der Waals surface area contributed by atoms with E-state index < -0.39 is 0 Å². The average molecular weight is 202 g/mol. The first kappa shape index (κ1) is 13.9. The van der Waals surface area contributed by atoms with Crippen molar-refractivity contribution >= 4 is 0 Å². The summed E-state index contributed by atoms with van der Waals surface area (Å²) in [6, 6.07) is 0. The highest BCUT2D eigenvalue weighted by Crippen LogP contribution is 2.36. The molecule has 0 radical (unpaired) electrons. The van der Waals surface area contributed by atoms with Gasteiger partial charge in [0.25, 0.3) is 0 Å². The second-order valence-corrected chi connectivity index (χ2v) is 4.00. The van der Waals surface area contributed by atoms with E-state index in [1.807, 2.05) is 27.7 Å². The van der Waals surface area contributed by atoms with Crippen molar-refractivity contribution in [3.8, 4) is 0 Å². The largest absolute Gasteiger partial charge is 0.345 e. The van der Waals surface area contributed by atoms with E-state index in [2.05, 4.69) is 0 Å². The molecule has 0 aromatic heterocycles. The van der Waals surface area contributed by atoms with Crippen LogP contribution < -0.4 is 0 Å². The van der Waals surface area contributed by atoms with Crippen LogP contribution in [0.2, 0.25) is 0 Å². The second kappa shape index (κ2) is 5.72. The van der Waals surface area contributed by atoms with Crippen LogP contribution in [-0.4, -0.2) is 18.0 Å². The van der Waals surface area contributed by atoms with Gasteiger partial charge in [-0.25, -0.2) is 0 Å². The van der Waals surface area contributed by atoms with Crippen LogP contribution in [0.25, 0.3) is 0 Å². The fourth-order valence-electron chi connectivity index (χ4n) is 2.09. The lowest BCUT2D eigenvalue weighted by Crippen LogP contribution is -2.25. The molecule has 2 rings (SSSR count). The molecule has 0 spiro atoms. The number of rotatable bonds is 0. The number of hydrogen-bond acceptors (Lipinski definition) is 2. The van der Waals surface area contributed by atoms with Crippen LogP contribution in [0.5, 0.6) is 0 Å². The van der Waals surface area contributed by atoms with E-state index in [0.717, 1.165) is 0 Å². The monoisotopic (exact) mass is 202 g/mol. The van der Waals surface area contributed by atoms with Crippen LogP contribution in [0.3, 0.4) is 0 Å². The van der Waals surface area contributed by atoms with Crippen molar-refractivity contribution in [1.29, 1.82) is 0 Å². The Morgan fingerprint density at radius 2 is 1.29 bits per heavy atom. The van der Waals surface area contributed by atoms with E-state index in [1.54, 1.807) is 0 Å². The molecule has 1 saturated heterocycles. The van der Waals surface area contributed by atoms with Crippen molar-refractivity contribution in [2.75, 3.05) is 0 Å². The zero-order valence-electron chi connectivity index (χ0n) is 9.30. The van der Waals surface area contributed by atoms with E-state index in [-0.39, 0.29) is 13.2 Å². The minimum atomic E-state index is -0.320. The summed E-state index contributed by atoms with van der Waals surface area (Å²) in [6.45, 7) is 8.01. The lowest BCUT2D eigenvalue weighted by atomic mass is 9.95. The Kier molecular flexibility index (Phi) is 5.68. The first-order valence-corrected chi connectivity index (χ1v) is 5.53. The molecule has 14 heavy (non-hydrogen) atoms. The van der Waals surface area contributed by atoms with Crippen LogP contribution in [0.15, 0.2) is 0 Å². The van der Waals surface area contributed by atoms with Gasteiger partial charge < -0.3 is 9.47 Å². The van der Waals surface area contributed by atoms with Gasteiger partial charge in [0.2, 0.25) is 0 Å². The molecule has 2 heteroatoms. The molecule has 2 aliphatic rings. The van der Waals surface area contributed by atoms with Crippen LogP contribution in [-0.2, 0) is 9.47 Å². The quantitative estimate of drug-likeness (QED) is 0.595. The summed E-state index contributed by atoms with van der Waals surface area (Å²) >= 11 is 0. The molecule has 0 bridgehead atoms. The zero-order chi connectivity index (χ0) is 9.90. The van der Waals surface area contributed by atoms with Gasteiger partial charge in [0.05, 0.1) is 12.2 Å². The first-order valence-electron chi connectivity index (χ1n) is 5.53. The van der Waals surface area contributed by atoms with Crippen molar-refractivity contribution in [2.45, 2.75) is 78.8 Å². The lowest BCUT2D eigenvalue weighted by Gasteiger charge is -2.21. The van der Waals surface area contributed by atoms with E-state index in [1.165, 1.54) is 25.7 Å². The highest BCUT2D eigenvalue weighted by atomic mass is 16.7. The van der Waals surface area contributed by atoms with Crippen molar-refractivity contribution in [1.82, 2.24) is 0 Å². The molecule has 0 amide bonds. The Morgan fingerprint density at radius 3 is 1.64 bits per heavy atom. The molecular weight excluding hydrogens is 176 g/mol. The third-order valence-electron chi connectivity index (χ3n) is 2.51. The van der Waals surface area contributed by atoms with Gasteiger partial charge in [-0.3, -0.25) is 0 Å². The standard InChI is InChI=1S/C9H16O2.C2H6.CH4/c1-9(2)10-7-5-3-4-6-8(7)11-9;1-2;/h7-8H,3-6H2,1-2H3;1-2H3;1H4. The molecule has 1 aliphatic heterocycles. The van der Waals surface area contributed by atoms with Crippen LogP contribution in [0.4, 0.5) is 0 Å². The summed E-state index contributed by atoms with van der Waals surface area (Å²) < 4.78 is 11.5. The Hall–Kier alpha value is -0.0800. The second-order valence-electron chi connectivity index (χ2n) is 4.00. The Bertz CT molecular complexity index is 138. The van der Waals surface area contributed by atoms with Crippen molar-refractivity contribution < 1.29 is 9.47 Å². The summed E-state index contributed by atoms with van der Waals surface area (Å²) in [5, 5.41) is 0. The molecule has 1 heterocycles. The van der Waals surface area contributed by atoms with Gasteiger partial charge in [0.1, 0.15) is 0 Å². The predicted octanol–water partition coefficient (Wildman–Crippen LogP) is 3.74. The molecule has 0 N–H and O–H groups in total. The van der Waals surface area contributed by atoms with Gasteiger partial charge in [-0.2, -0.15) is 0 Å². The Balaban J connectivity index is 0.000000531. The van der Waals surface area contributed by atoms with Crippen molar-refractivity contribution in [3.05, 3.63) is 0 Å². The summed E-state index contributed by atoms with van der Waals surface area (Å²) in [6.07, 6.45) is 5.76. The molecule has 1 aliphatic carbocycles. The fourth-order valence-corrected chi connectivity index (χ4v) is 2.09. The Morgan fingerprint density at radius 1 is 0.929 bits per heavy atom. The molecule has 2 fully saturated rings. The molecule has 0 aromatic carbocycles. The average Bonchev–Trinajstić information content (AvgIpc) is 2.41. The van der Waals surface area contributed by atoms with E-state index in [9.17, 15) is 0 Å². The molecule has 2 atom stereocenters. The summed E-state index contributed by atoms with van der Waals surface area (Å²) in [5.41, 5.74) is 0. The number of hydrogen-bond donors (Lipinski definition) is 0. The van der Waals surface area contributed by atoms with Gasteiger partial charge in [-0.15, -0.1) is 0 Å².